The van der Waals surface area contributed by atoms with Gasteiger partial charge in [0.05, 0.1) is 5.56 Å². The van der Waals surface area contributed by atoms with E-state index < -0.39 is 0 Å². The first-order chi connectivity index (χ1) is 7.18. The van der Waals surface area contributed by atoms with Crippen LogP contribution in [0.2, 0.25) is 0 Å². The van der Waals surface area contributed by atoms with E-state index in [1.807, 2.05) is 22.9 Å². The normalized spacial score (nSPS) is 10.2. The van der Waals surface area contributed by atoms with Gasteiger partial charge >= 0.3 is 0 Å². The van der Waals surface area contributed by atoms with Crippen molar-refractivity contribution in [2.24, 2.45) is 0 Å². The highest BCUT2D eigenvalue weighted by Gasteiger charge is 2.08. The first-order valence-electron chi connectivity index (χ1n) is 4.55. The van der Waals surface area contributed by atoms with Crippen molar-refractivity contribution in [1.82, 2.24) is 0 Å². The molecule has 0 spiro atoms. The molecule has 0 aliphatic carbocycles. The number of hydrogen-bond acceptors (Lipinski definition) is 3. The molecule has 2 rings (SSSR count). The molecule has 1 aromatic heterocycles. The molecule has 3 heteroatoms. The lowest BCUT2D eigenvalue weighted by molar-refractivity contribution is 0.101. The van der Waals surface area contributed by atoms with Crippen molar-refractivity contribution in [3.63, 3.8) is 0 Å². The molecule has 0 aliphatic heterocycles. The Morgan fingerprint density at radius 3 is 2.67 bits per heavy atom. The number of phenolic OH excluding ortho intramolecular Hbond substituents is 1. The maximum Gasteiger partial charge on any atom is 0.163 e. The van der Waals surface area contributed by atoms with Gasteiger partial charge in [0.2, 0.25) is 0 Å². The third-order valence-electron chi connectivity index (χ3n) is 2.23. The molecule has 0 unspecified atom stereocenters. The van der Waals surface area contributed by atoms with Crippen LogP contribution in [0.1, 0.15) is 17.3 Å². The fourth-order valence-electron chi connectivity index (χ4n) is 1.43. The van der Waals surface area contributed by atoms with Gasteiger partial charge in [-0.2, -0.15) is 11.3 Å². The molecule has 2 aromatic rings. The van der Waals surface area contributed by atoms with E-state index in [1.54, 1.807) is 23.5 Å². The van der Waals surface area contributed by atoms with Crippen molar-refractivity contribution in [3.8, 4) is 16.9 Å². The molecular weight excluding hydrogens is 208 g/mol. The van der Waals surface area contributed by atoms with Gasteiger partial charge in [0.15, 0.2) is 5.78 Å². The summed E-state index contributed by atoms with van der Waals surface area (Å²) in [6, 6.07) is 7.08. The Balaban J connectivity index is 2.52. The van der Waals surface area contributed by atoms with Crippen LogP contribution >= 0.6 is 11.3 Å². The van der Waals surface area contributed by atoms with Gasteiger partial charge in [0.1, 0.15) is 5.75 Å². The van der Waals surface area contributed by atoms with Crippen LogP contribution in [0.4, 0.5) is 0 Å². The highest BCUT2D eigenvalue weighted by molar-refractivity contribution is 7.08. The number of phenols is 1. The van der Waals surface area contributed by atoms with E-state index in [1.165, 1.54) is 6.92 Å². The number of rotatable bonds is 2. The summed E-state index contributed by atoms with van der Waals surface area (Å²) in [5.74, 6) is -0.0777. The Labute approximate surface area is 91.8 Å². The molecule has 76 valence electrons. The van der Waals surface area contributed by atoms with Crippen molar-refractivity contribution < 1.29 is 9.90 Å². The minimum atomic E-state index is -0.121. The molecule has 1 heterocycles. The van der Waals surface area contributed by atoms with Crippen LogP contribution in [0, 0.1) is 0 Å². The van der Waals surface area contributed by atoms with Crippen molar-refractivity contribution in [1.29, 1.82) is 0 Å². The average molecular weight is 218 g/mol. The summed E-state index contributed by atoms with van der Waals surface area (Å²) >= 11 is 1.61. The fraction of sp³-hybridized carbons (Fsp3) is 0.0833. The zero-order chi connectivity index (χ0) is 10.8. The van der Waals surface area contributed by atoms with Crippen LogP contribution < -0.4 is 0 Å². The van der Waals surface area contributed by atoms with E-state index in [0.29, 0.717) is 5.56 Å². The zero-order valence-electron chi connectivity index (χ0n) is 8.23. The summed E-state index contributed by atoms with van der Waals surface area (Å²) < 4.78 is 0. The second kappa shape index (κ2) is 3.87. The maximum absolute atomic E-state index is 11.2. The lowest BCUT2D eigenvalue weighted by Crippen LogP contribution is -1.92. The smallest absolute Gasteiger partial charge is 0.163 e. The predicted molar refractivity (Wildman–Crippen MR) is 61.4 cm³/mol. The van der Waals surface area contributed by atoms with Gasteiger partial charge in [-0.05, 0) is 47.0 Å². The molecule has 2 nitrogen and oxygen atoms in total. The maximum atomic E-state index is 11.2. The van der Waals surface area contributed by atoms with Crippen LogP contribution in [0.25, 0.3) is 11.1 Å². The van der Waals surface area contributed by atoms with E-state index in [9.17, 15) is 9.90 Å². The molecular formula is C12H10O2S. The topological polar surface area (TPSA) is 37.3 Å². The number of aromatic hydroxyl groups is 1. The monoisotopic (exact) mass is 218 g/mol. The highest BCUT2D eigenvalue weighted by atomic mass is 32.1. The van der Waals surface area contributed by atoms with Gasteiger partial charge in [0.25, 0.3) is 0 Å². The summed E-state index contributed by atoms with van der Waals surface area (Å²) in [6.45, 7) is 1.45. The van der Waals surface area contributed by atoms with Crippen LogP contribution in [-0.2, 0) is 0 Å². The second-order valence-electron chi connectivity index (χ2n) is 3.30. The molecule has 0 amide bonds. The number of benzene rings is 1. The van der Waals surface area contributed by atoms with Crippen molar-refractivity contribution in [2.45, 2.75) is 6.92 Å². The quantitative estimate of drug-likeness (QED) is 0.785. The minimum absolute atomic E-state index is 0.0430. The van der Waals surface area contributed by atoms with Crippen molar-refractivity contribution in [3.05, 3.63) is 40.6 Å². The molecule has 1 aromatic carbocycles. The van der Waals surface area contributed by atoms with Crippen molar-refractivity contribution in [2.75, 3.05) is 0 Å². The predicted octanol–water partition coefficient (Wildman–Crippen LogP) is 3.32. The molecule has 0 atom stereocenters. The Kier molecular flexibility index (Phi) is 2.56. The molecule has 0 bridgehead atoms. The Bertz CT molecular complexity index is 486. The highest BCUT2D eigenvalue weighted by Crippen LogP contribution is 2.27. The van der Waals surface area contributed by atoms with Gasteiger partial charge < -0.3 is 5.11 Å². The van der Waals surface area contributed by atoms with Crippen LogP contribution in [0.5, 0.6) is 5.75 Å². The number of Topliss-reactive ketones (excluding diaryl/α,β-unsaturated/α-hetero) is 1. The summed E-state index contributed by atoms with van der Waals surface area (Å²) in [7, 11) is 0. The molecule has 0 fully saturated rings. The summed E-state index contributed by atoms with van der Waals surface area (Å²) in [5.41, 5.74) is 2.40. The van der Waals surface area contributed by atoms with Gasteiger partial charge in [0, 0.05) is 0 Å². The average Bonchev–Trinajstić information content (AvgIpc) is 2.71. The summed E-state index contributed by atoms with van der Waals surface area (Å²) in [5, 5.41) is 13.5. The molecule has 0 aliphatic rings. The van der Waals surface area contributed by atoms with Gasteiger partial charge in [-0.25, -0.2) is 0 Å². The zero-order valence-corrected chi connectivity index (χ0v) is 9.04. The SMILES string of the molecule is CC(=O)c1cc(-c2ccsc2)ccc1O. The standard InChI is InChI=1S/C12H10O2S/c1-8(13)11-6-9(2-3-12(11)14)10-4-5-15-7-10/h2-7,14H,1H3. The number of ketones is 1. The number of carbonyl (C=O) groups is 1. The lowest BCUT2D eigenvalue weighted by atomic mass is 10.0. The first kappa shape index (κ1) is 9.93. The van der Waals surface area contributed by atoms with Gasteiger partial charge in [-0.1, -0.05) is 6.07 Å². The van der Waals surface area contributed by atoms with Crippen LogP contribution in [-0.4, -0.2) is 10.9 Å². The van der Waals surface area contributed by atoms with E-state index >= 15 is 0 Å². The first-order valence-corrected chi connectivity index (χ1v) is 5.49. The summed E-state index contributed by atoms with van der Waals surface area (Å²) in [4.78, 5) is 11.2. The Morgan fingerprint density at radius 2 is 2.07 bits per heavy atom. The second-order valence-corrected chi connectivity index (χ2v) is 4.08. The molecule has 1 N–H and O–H groups in total. The largest absolute Gasteiger partial charge is 0.507 e. The van der Waals surface area contributed by atoms with Crippen molar-refractivity contribution >= 4 is 17.1 Å². The molecule has 0 saturated carbocycles. The molecule has 15 heavy (non-hydrogen) atoms. The van der Waals surface area contributed by atoms with E-state index in [4.69, 9.17) is 0 Å². The van der Waals surface area contributed by atoms with E-state index in [2.05, 4.69) is 0 Å². The van der Waals surface area contributed by atoms with E-state index in [0.717, 1.165) is 11.1 Å². The third kappa shape index (κ3) is 1.92. The Morgan fingerprint density at radius 1 is 1.27 bits per heavy atom. The molecule has 0 saturated heterocycles. The Hall–Kier alpha value is -1.61. The van der Waals surface area contributed by atoms with Crippen LogP contribution in [0.15, 0.2) is 35.0 Å². The van der Waals surface area contributed by atoms with E-state index in [-0.39, 0.29) is 11.5 Å². The van der Waals surface area contributed by atoms with Crippen LogP contribution in [0.3, 0.4) is 0 Å². The number of carbonyl (C=O) groups excluding carboxylic acids is 1. The summed E-state index contributed by atoms with van der Waals surface area (Å²) in [6.07, 6.45) is 0. The number of thiophene rings is 1. The van der Waals surface area contributed by atoms with Gasteiger partial charge in [-0.3, -0.25) is 4.79 Å². The van der Waals surface area contributed by atoms with Gasteiger partial charge in [-0.15, -0.1) is 0 Å². The lowest BCUT2D eigenvalue weighted by Gasteiger charge is -2.03. The molecule has 0 radical (unpaired) electrons. The minimum Gasteiger partial charge on any atom is -0.507 e. The third-order valence-corrected chi connectivity index (χ3v) is 2.91. The fourth-order valence-corrected chi connectivity index (χ4v) is 2.09. The number of hydrogen-bond donors (Lipinski definition) is 1.